The number of methoxy groups -OCH3 is 2. The second-order valence-electron chi connectivity index (χ2n) is 5.84. The summed E-state index contributed by atoms with van der Waals surface area (Å²) in [4.78, 5) is 0. The average molecular weight is 342 g/mol. The summed E-state index contributed by atoms with van der Waals surface area (Å²) in [6.45, 7) is 0. The fourth-order valence-corrected chi connectivity index (χ4v) is 3.33. The molecular formula is C19H22N2O2S. The zero-order valence-electron chi connectivity index (χ0n) is 14.0. The molecule has 24 heavy (non-hydrogen) atoms. The lowest BCUT2D eigenvalue weighted by Gasteiger charge is -2.28. The smallest absolute Gasteiger partial charge is 0.171 e. The van der Waals surface area contributed by atoms with Crippen molar-refractivity contribution in [3.8, 4) is 11.5 Å². The number of rotatable bonds is 4. The highest BCUT2D eigenvalue weighted by atomic mass is 32.1. The first kappa shape index (κ1) is 16.6. The van der Waals surface area contributed by atoms with E-state index in [2.05, 4.69) is 22.8 Å². The molecule has 126 valence electrons. The Hall–Kier alpha value is -2.27. The number of fused-ring (bicyclic) bond motifs is 1. The van der Waals surface area contributed by atoms with E-state index in [1.165, 1.54) is 11.1 Å². The third kappa shape index (κ3) is 3.79. The van der Waals surface area contributed by atoms with E-state index in [4.69, 9.17) is 21.7 Å². The standard InChI is InChI=1S/C19H22N2O2S/c1-22-15-8-6-14(7-9-15)20-19(24)21-18-5-3-4-13-12-16(23-2)10-11-17(13)18/h6-12,18H,3-5H2,1-2H3,(H2,20,21,24)/t18-/m1/s1. The molecule has 2 aromatic rings. The SMILES string of the molecule is COc1ccc(NC(=S)N[C@@H]2CCCc3cc(OC)ccc32)cc1. The van der Waals surface area contributed by atoms with Gasteiger partial charge in [0.2, 0.25) is 0 Å². The third-order valence-electron chi connectivity index (χ3n) is 4.32. The van der Waals surface area contributed by atoms with Gasteiger partial charge in [-0.05, 0) is 79.0 Å². The maximum absolute atomic E-state index is 5.48. The number of nitrogens with one attached hydrogen (secondary N) is 2. The minimum atomic E-state index is 0.234. The van der Waals surface area contributed by atoms with Crippen LogP contribution >= 0.6 is 12.2 Å². The number of benzene rings is 2. The third-order valence-corrected chi connectivity index (χ3v) is 4.54. The Kier molecular flexibility index (Phi) is 5.20. The van der Waals surface area contributed by atoms with Gasteiger partial charge in [0.15, 0.2) is 5.11 Å². The fourth-order valence-electron chi connectivity index (χ4n) is 3.07. The van der Waals surface area contributed by atoms with Gasteiger partial charge in [-0.25, -0.2) is 0 Å². The highest BCUT2D eigenvalue weighted by molar-refractivity contribution is 7.80. The minimum Gasteiger partial charge on any atom is -0.497 e. The second-order valence-corrected chi connectivity index (χ2v) is 6.24. The zero-order valence-corrected chi connectivity index (χ0v) is 14.8. The first-order chi connectivity index (χ1) is 11.7. The Labute approximate surface area is 148 Å². The topological polar surface area (TPSA) is 42.5 Å². The summed E-state index contributed by atoms with van der Waals surface area (Å²) in [6, 6.07) is 14.2. The minimum absolute atomic E-state index is 0.234. The molecule has 0 fully saturated rings. The van der Waals surface area contributed by atoms with Crippen LogP contribution < -0.4 is 20.1 Å². The van der Waals surface area contributed by atoms with Crippen LogP contribution in [0.3, 0.4) is 0 Å². The average Bonchev–Trinajstić information content (AvgIpc) is 2.62. The lowest BCUT2D eigenvalue weighted by atomic mass is 9.87. The molecule has 0 spiro atoms. The van der Waals surface area contributed by atoms with Crippen LogP contribution in [0.2, 0.25) is 0 Å². The maximum atomic E-state index is 5.48. The second kappa shape index (κ2) is 7.53. The predicted octanol–water partition coefficient (Wildman–Crippen LogP) is 4.07. The molecule has 0 unspecified atom stereocenters. The number of thiocarbonyl (C=S) groups is 1. The van der Waals surface area contributed by atoms with E-state index in [1.54, 1.807) is 14.2 Å². The highest BCUT2D eigenvalue weighted by Crippen LogP contribution is 2.32. The maximum Gasteiger partial charge on any atom is 0.171 e. The first-order valence-corrected chi connectivity index (χ1v) is 8.49. The van der Waals surface area contributed by atoms with Crippen LogP contribution in [0.1, 0.15) is 30.0 Å². The van der Waals surface area contributed by atoms with Crippen LogP contribution in [-0.2, 0) is 6.42 Å². The molecule has 1 atom stereocenters. The van der Waals surface area contributed by atoms with Gasteiger partial charge in [-0.3, -0.25) is 0 Å². The molecule has 0 bridgehead atoms. The van der Waals surface area contributed by atoms with E-state index < -0.39 is 0 Å². The summed E-state index contributed by atoms with van der Waals surface area (Å²) in [6.07, 6.45) is 3.30. The van der Waals surface area contributed by atoms with Crippen molar-refractivity contribution < 1.29 is 9.47 Å². The van der Waals surface area contributed by atoms with E-state index in [0.29, 0.717) is 5.11 Å². The fraction of sp³-hybridized carbons (Fsp3) is 0.316. The van der Waals surface area contributed by atoms with E-state index in [1.807, 2.05) is 30.3 Å². The predicted molar refractivity (Wildman–Crippen MR) is 101 cm³/mol. The quantitative estimate of drug-likeness (QED) is 0.820. The molecular weight excluding hydrogens is 320 g/mol. The highest BCUT2D eigenvalue weighted by Gasteiger charge is 2.21. The van der Waals surface area contributed by atoms with Crippen molar-refractivity contribution in [3.63, 3.8) is 0 Å². The van der Waals surface area contributed by atoms with Crippen LogP contribution in [0.25, 0.3) is 0 Å². The molecule has 3 rings (SSSR count). The van der Waals surface area contributed by atoms with Crippen LogP contribution in [0, 0.1) is 0 Å². The number of anilines is 1. The van der Waals surface area contributed by atoms with Crippen LogP contribution in [0.4, 0.5) is 5.69 Å². The number of hydrogen-bond donors (Lipinski definition) is 2. The Morgan fingerprint density at radius 3 is 2.46 bits per heavy atom. The molecule has 0 saturated heterocycles. The van der Waals surface area contributed by atoms with Gasteiger partial charge in [-0.15, -0.1) is 0 Å². The van der Waals surface area contributed by atoms with Gasteiger partial charge in [0.05, 0.1) is 20.3 Å². The summed E-state index contributed by atoms with van der Waals surface area (Å²) in [7, 11) is 3.36. The Bertz CT molecular complexity index is 716. The van der Waals surface area contributed by atoms with Gasteiger partial charge in [0.1, 0.15) is 11.5 Å². The largest absolute Gasteiger partial charge is 0.497 e. The zero-order chi connectivity index (χ0) is 16.9. The van der Waals surface area contributed by atoms with Crippen molar-refractivity contribution in [2.75, 3.05) is 19.5 Å². The van der Waals surface area contributed by atoms with Gasteiger partial charge >= 0.3 is 0 Å². The van der Waals surface area contributed by atoms with Crippen LogP contribution in [0.15, 0.2) is 42.5 Å². The van der Waals surface area contributed by atoms with Crippen molar-refractivity contribution in [1.82, 2.24) is 5.32 Å². The van der Waals surface area contributed by atoms with Crippen molar-refractivity contribution in [2.24, 2.45) is 0 Å². The van der Waals surface area contributed by atoms with E-state index in [0.717, 1.165) is 36.4 Å². The van der Waals surface area contributed by atoms with Crippen molar-refractivity contribution in [3.05, 3.63) is 53.6 Å². The van der Waals surface area contributed by atoms with Gasteiger partial charge in [-0.1, -0.05) is 6.07 Å². The van der Waals surface area contributed by atoms with E-state index >= 15 is 0 Å². The molecule has 4 nitrogen and oxygen atoms in total. The summed E-state index contributed by atoms with van der Waals surface area (Å²) in [5.74, 6) is 1.74. The molecule has 1 aliphatic rings. The lowest BCUT2D eigenvalue weighted by molar-refractivity contribution is 0.412. The summed E-state index contributed by atoms with van der Waals surface area (Å²) in [5, 5.41) is 7.31. The molecule has 0 heterocycles. The van der Waals surface area contributed by atoms with E-state index in [9.17, 15) is 0 Å². The molecule has 0 aromatic heterocycles. The van der Waals surface area contributed by atoms with Crippen molar-refractivity contribution in [2.45, 2.75) is 25.3 Å². The molecule has 0 radical (unpaired) electrons. The van der Waals surface area contributed by atoms with Crippen LogP contribution in [0.5, 0.6) is 11.5 Å². The summed E-state index contributed by atoms with van der Waals surface area (Å²) >= 11 is 5.48. The van der Waals surface area contributed by atoms with Gasteiger partial charge in [0.25, 0.3) is 0 Å². The number of hydrogen-bond acceptors (Lipinski definition) is 3. The Balaban J connectivity index is 1.66. The monoisotopic (exact) mass is 342 g/mol. The number of aryl methyl sites for hydroxylation is 1. The molecule has 5 heteroatoms. The molecule has 2 N–H and O–H groups in total. The van der Waals surface area contributed by atoms with Gasteiger partial charge in [0, 0.05) is 5.69 Å². The van der Waals surface area contributed by atoms with Crippen molar-refractivity contribution >= 4 is 23.0 Å². The molecule has 0 saturated carbocycles. The van der Waals surface area contributed by atoms with Crippen LogP contribution in [-0.4, -0.2) is 19.3 Å². The summed E-state index contributed by atoms with van der Waals surface area (Å²) in [5.41, 5.74) is 3.59. The Morgan fingerprint density at radius 1 is 1.04 bits per heavy atom. The molecule has 0 amide bonds. The first-order valence-electron chi connectivity index (χ1n) is 8.08. The van der Waals surface area contributed by atoms with Gasteiger partial charge in [-0.2, -0.15) is 0 Å². The molecule has 1 aliphatic carbocycles. The lowest BCUT2D eigenvalue weighted by Crippen LogP contribution is -2.34. The van der Waals surface area contributed by atoms with E-state index in [-0.39, 0.29) is 6.04 Å². The normalized spacial score (nSPS) is 16.0. The molecule has 0 aliphatic heterocycles. The Morgan fingerprint density at radius 2 is 1.75 bits per heavy atom. The summed E-state index contributed by atoms with van der Waals surface area (Å²) < 4.78 is 10.5. The number of ether oxygens (including phenoxy) is 2. The molecule has 2 aromatic carbocycles. The van der Waals surface area contributed by atoms with Crippen molar-refractivity contribution in [1.29, 1.82) is 0 Å². The van der Waals surface area contributed by atoms with Gasteiger partial charge < -0.3 is 20.1 Å².